The molecule has 4 rings (SSSR count). The van der Waals surface area contributed by atoms with E-state index in [-0.39, 0.29) is 5.97 Å². The first-order chi connectivity index (χ1) is 18.8. The number of hydrogen-bond acceptors (Lipinski definition) is 7. The first-order valence-corrected chi connectivity index (χ1v) is 13.2. The van der Waals surface area contributed by atoms with Crippen molar-refractivity contribution in [1.29, 1.82) is 0 Å². The number of benzene rings is 2. The van der Waals surface area contributed by atoms with Gasteiger partial charge in [0.15, 0.2) is 0 Å². The van der Waals surface area contributed by atoms with Crippen molar-refractivity contribution in [3.8, 4) is 0 Å². The van der Waals surface area contributed by atoms with Crippen LogP contribution in [0.2, 0.25) is 0 Å². The molecule has 2 atom stereocenters. The van der Waals surface area contributed by atoms with Crippen molar-refractivity contribution in [2.45, 2.75) is 71.1 Å². The number of carbonyl (C=O) groups excluding carboxylic acids is 3. The average Bonchev–Trinajstić information content (AvgIpc) is 3.41. The van der Waals surface area contributed by atoms with E-state index in [0.717, 1.165) is 27.8 Å². The van der Waals surface area contributed by atoms with E-state index < -0.39 is 35.0 Å². The van der Waals surface area contributed by atoms with Crippen molar-refractivity contribution in [2.75, 3.05) is 7.11 Å². The zero-order valence-electron chi connectivity index (χ0n) is 24.1. The second-order valence-corrected chi connectivity index (χ2v) is 11.3. The zero-order chi connectivity index (χ0) is 29.2. The highest BCUT2D eigenvalue weighted by molar-refractivity contribution is 5.89. The van der Waals surface area contributed by atoms with Crippen LogP contribution in [0.1, 0.15) is 79.7 Å². The summed E-state index contributed by atoms with van der Waals surface area (Å²) in [6.45, 7) is 11.3. The smallest absolute Gasteiger partial charge is 0.337 e. The first kappa shape index (κ1) is 28.8. The largest absolute Gasteiger partial charge is 0.465 e. The molecular weight excluding hydrogens is 508 g/mol. The molecule has 3 aromatic rings. The Balaban J connectivity index is 1.86. The fourth-order valence-electron chi connectivity index (χ4n) is 5.46. The molecule has 0 N–H and O–H groups in total. The Bertz CT molecular complexity index is 1430. The Labute approximate surface area is 234 Å². The van der Waals surface area contributed by atoms with Gasteiger partial charge in [0, 0.05) is 37.1 Å². The van der Waals surface area contributed by atoms with Crippen molar-refractivity contribution in [3.63, 3.8) is 0 Å². The third-order valence-corrected chi connectivity index (χ3v) is 7.63. The molecule has 1 aliphatic rings. The number of nitrogens with zero attached hydrogens (tertiary/aromatic N) is 2. The molecule has 0 unspecified atom stereocenters. The molecule has 210 valence electrons. The predicted octanol–water partition coefficient (Wildman–Crippen LogP) is 5.32. The van der Waals surface area contributed by atoms with E-state index in [1.165, 1.54) is 21.0 Å². The van der Waals surface area contributed by atoms with E-state index in [1.807, 2.05) is 68.9 Å². The Hall–Kier alpha value is -4.20. The van der Waals surface area contributed by atoms with Gasteiger partial charge in [0.1, 0.15) is 12.2 Å². The van der Waals surface area contributed by atoms with E-state index in [4.69, 9.17) is 14.2 Å². The minimum absolute atomic E-state index is 0.383. The summed E-state index contributed by atoms with van der Waals surface area (Å²) >= 11 is 0. The Morgan fingerprint density at radius 3 is 1.98 bits per heavy atom. The van der Waals surface area contributed by atoms with E-state index in [9.17, 15) is 14.4 Å². The molecule has 1 aliphatic carbocycles. The highest BCUT2D eigenvalue weighted by Crippen LogP contribution is 2.49. The molecule has 2 aromatic carbocycles. The summed E-state index contributed by atoms with van der Waals surface area (Å²) in [6, 6.07) is 13.4. The van der Waals surface area contributed by atoms with Gasteiger partial charge in [-0.25, -0.2) is 4.79 Å². The van der Waals surface area contributed by atoms with E-state index in [0.29, 0.717) is 12.1 Å². The zero-order valence-corrected chi connectivity index (χ0v) is 24.1. The Morgan fingerprint density at radius 1 is 0.900 bits per heavy atom. The first-order valence-electron chi connectivity index (χ1n) is 13.2. The van der Waals surface area contributed by atoms with Gasteiger partial charge < -0.3 is 14.2 Å². The minimum atomic E-state index is -0.684. The lowest BCUT2D eigenvalue weighted by molar-refractivity contribution is -0.179. The van der Waals surface area contributed by atoms with Gasteiger partial charge in [0.2, 0.25) is 0 Å². The van der Waals surface area contributed by atoms with Crippen LogP contribution >= 0.6 is 0 Å². The Morgan fingerprint density at radius 2 is 1.48 bits per heavy atom. The maximum atomic E-state index is 12.2. The highest BCUT2D eigenvalue weighted by Gasteiger charge is 2.55. The van der Waals surface area contributed by atoms with Crippen LogP contribution in [0, 0.1) is 0 Å². The summed E-state index contributed by atoms with van der Waals surface area (Å²) in [5.41, 5.74) is 4.13. The SMILES string of the molecule is COC(=O)c1ccc(C=Cc2cc3c(cc2Cn2cccn2)C(C)(C)[C@@H](OC(C)=O)[C@@H](OC(C)=O)C3(C)C)cc1. The van der Waals surface area contributed by atoms with E-state index >= 15 is 0 Å². The molecule has 0 amide bonds. The number of methoxy groups -OCH3 is 1. The minimum Gasteiger partial charge on any atom is -0.465 e. The molecule has 0 radical (unpaired) electrons. The van der Waals surface area contributed by atoms with Crippen LogP contribution in [-0.4, -0.2) is 47.0 Å². The van der Waals surface area contributed by atoms with Crippen molar-refractivity contribution in [2.24, 2.45) is 0 Å². The summed E-state index contributed by atoms with van der Waals surface area (Å²) in [5, 5.41) is 4.40. The van der Waals surface area contributed by atoms with Crippen molar-refractivity contribution >= 4 is 30.1 Å². The van der Waals surface area contributed by atoms with Gasteiger partial charge in [-0.3, -0.25) is 14.3 Å². The molecule has 0 spiro atoms. The van der Waals surface area contributed by atoms with E-state index in [2.05, 4.69) is 17.2 Å². The number of carbonyl (C=O) groups is 3. The summed E-state index contributed by atoms with van der Waals surface area (Å²) in [4.78, 5) is 36.2. The van der Waals surface area contributed by atoms with Crippen LogP contribution in [0.25, 0.3) is 12.2 Å². The molecule has 1 aromatic heterocycles. The van der Waals surface area contributed by atoms with Gasteiger partial charge in [-0.1, -0.05) is 64.1 Å². The fourth-order valence-corrected chi connectivity index (χ4v) is 5.46. The van der Waals surface area contributed by atoms with Gasteiger partial charge in [0.25, 0.3) is 0 Å². The predicted molar refractivity (Wildman–Crippen MR) is 152 cm³/mol. The second kappa shape index (κ2) is 11.1. The molecule has 0 bridgehead atoms. The molecule has 8 heteroatoms. The number of rotatable bonds is 7. The van der Waals surface area contributed by atoms with E-state index in [1.54, 1.807) is 18.3 Å². The van der Waals surface area contributed by atoms with Crippen LogP contribution < -0.4 is 0 Å². The van der Waals surface area contributed by atoms with Crippen LogP contribution in [0.4, 0.5) is 0 Å². The lowest BCUT2D eigenvalue weighted by Crippen LogP contribution is -2.59. The summed E-state index contributed by atoms with van der Waals surface area (Å²) in [7, 11) is 1.36. The summed E-state index contributed by atoms with van der Waals surface area (Å²) in [5.74, 6) is -1.24. The van der Waals surface area contributed by atoms with Crippen molar-refractivity contribution in [3.05, 3.63) is 88.2 Å². The molecule has 0 saturated heterocycles. The molecule has 0 saturated carbocycles. The molecule has 40 heavy (non-hydrogen) atoms. The quantitative estimate of drug-likeness (QED) is 0.226. The molecule has 0 fully saturated rings. The van der Waals surface area contributed by atoms with Gasteiger partial charge in [-0.05, 0) is 46.0 Å². The molecular formula is C32H36N2O6. The highest BCUT2D eigenvalue weighted by atomic mass is 16.6. The van der Waals surface area contributed by atoms with Gasteiger partial charge in [0.05, 0.1) is 19.2 Å². The number of ether oxygens (including phenoxy) is 3. The van der Waals surface area contributed by atoms with Gasteiger partial charge in [-0.15, -0.1) is 0 Å². The third kappa shape index (κ3) is 5.71. The normalized spacial score (nSPS) is 19.1. The monoisotopic (exact) mass is 544 g/mol. The third-order valence-electron chi connectivity index (χ3n) is 7.63. The lowest BCUT2D eigenvalue weighted by Gasteiger charge is -2.51. The Kier molecular flexibility index (Phi) is 8.00. The standard InChI is InChI=1S/C32H36N2O6/c1-20(35)39-28-29(40-21(2)36)32(5,6)27-18-25(19-34-16-8-15-33-34)24(17-26(27)31(28,3)4)14-11-22-9-12-23(13-10-22)30(37)38-7/h8-18,28-29H,19H2,1-7H3/t28-,29+/m1/s1. The molecule has 8 nitrogen and oxygen atoms in total. The lowest BCUT2D eigenvalue weighted by atomic mass is 9.59. The number of hydrogen-bond donors (Lipinski definition) is 0. The van der Waals surface area contributed by atoms with Crippen molar-refractivity contribution < 1.29 is 28.6 Å². The molecule has 1 heterocycles. The van der Waals surface area contributed by atoms with Crippen LogP contribution in [0.15, 0.2) is 54.9 Å². The van der Waals surface area contributed by atoms with Crippen LogP contribution in [0.3, 0.4) is 0 Å². The average molecular weight is 545 g/mol. The maximum Gasteiger partial charge on any atom is 0.337 e. The van der Waals surface area contributed by atoms with Crippen LogP contribution in [0.5, 0.6) is 0 Å². The van der Waals surface area contributed by atoms with Gasteiger partial charge in [-0.2, -0.15) is 5.10 Å². The second-order valence-electron chi connectivity index (χ2n) is 11.3. The number of aromatic nitrogens is 2. The topological polar surface area (TPSA) is 96.7 Å². The molecule has 0 aliphatic heterocycles. The fraction of sp³-hybridized carbons (Fsp3) is 0.375. The summed E-state index contributed by atoms with van der Waals surface area (Å²) < 4.78 is 18.4. The maximum absolute atomic E-state index is 12.2. The van der Waals surface area contributed by atoms with Gasteiger partial charge >= 0.3 is 17.9 Å². The summed E-state index contributed by atoms with van der Waals surface area (Å²) in [6.07, 6.45) is 6.31. The number of esters is 3. The van der Waals surface area contributed by atoms with Crippen molar-refractivity contribution in [1.82, 2.24) is 9.78 Å². The number of fused-ring (bicyclic) bond motifs is 1. The van der Waals surface area contributed by atoms with Crippen LogP contribution in [-0.2, 0) is 41.2 Å².